The average Bonchev–Trinajstić information content (AvgIpc) is 3.31. The van der Waals surface area contributed by atoms with Crippen molar-refractivity contribution in [2.75, 3.05) is 26.2 Å². The predicted octanol–water partition coefficient (Wildman–Crippen LogP) is 2.11. The van der Waals surface area contributed by atoms with E-state index in [0.29, 0.717) is 12.3 Å². The largest absolute Gasteiger partial charge is 0.341 e. The number of aryl methyl sites for hydroxylation is 2. The number of likely N-dealkylation sites (tertiary alicyclic amines) is 2. The average molecular weight is 359 g/mol. The Kier molecular flexibility index (Phi) is 4.16. The van der Waals surface area contributed by atoms with Crippen molar-refractivity contribution in [1.82, 2.24) is 25.0 Å². The van der Waals surface area contributed by atoms with Crippen molar-refractivity contribution in [2.24, 2.45) is 5.92 Å². The quantitative estimate of drug-likeness (QED) is 0.908. The van der Waals surface area contributed by atoms with E-state index in [1.165, 1.54) is 9.75 Å². The monoisotopic (exact) mass is 359 g/mol. The highest BCUT2D eigenvalue weighted by atomic mass is 32.1. The van der Waals surface area contributed by atoms with Crippen molar-refractivity contribution in [2.45, 2.75) is 39.2 Å². The standard InChI is InChI=1S/C18H25N5OS/c1-4-16(24)23-8-14-7-22(9-15-6-5-12(2)25-15)10-18(14,11-23)17-19-13(3)20-21-17/h5-6,14H,4,7-11H2,1-3H3,(H,19,20,21)/t14-,18-/m1/s1. The molecule has 0 aromatic carbocycles. The second kappa shape index (κ2) is 6.21. The van der Waals surface area contributed by atoms with E-state index in [2.05, 4.69) is 39.1 Å². The molecular weight excluding hydrogens is 334 g/mol. The number of carbonyl (C=O) groups is 1. The molecule has 25 heavy (non-hydrogen) atoms. The van der Waals surface area contributed by atoms with Crippen molar-refractivity contribution in [3.05, 3.63) is 33.5 Å². The third-order valence-electron chi connectivity index (χ3n) is 5.55. The van der Waals surface area contributed by atoms with Gasteiger partial charge in [-0.2, -0.15) is 5.10 Å². The third kappa shape index (κ3) is 2.89. The van der Waals surface area contributed by atoms with E-state index >= 15 is 0 Å². The maximum absolute atomic E-state index is 12.3. The van der Waals surface area contributed by atoms with Crippen LogP contribution >= 0.6 is 11.3 Å². The summed E-state index contributed by atoms with van der Waals surface area (Å²) < 4.78 is 0. The van der Waals surface area contributed by atoms with E-state index in [1.54, 1.807) is 0 Å². The minimum absolute atomic E-state index is 0.137. The first-order valence-electron chi connectivity index (χ1n) is 8.95. The Morgan fingerprint density at radius 3 is 2.84 bits per heavy atom. The summed E-state index contributed by atoms with van der Waals surface area (Å²) in [6.45, 7) is 10.5. The lowest BCUT2D eigenvalue weighted by Gasteiger charge is -2.26. The van der Waals surface area contributed by atoms with Gasteiger partial charge in [-0.05, 0) is 26.0 Å². The summed E-state index contributed by atoms with van der Waals surface area (Å²) in [5.41, 5.74) is -0.137. The van der Waals surface area contributed by atoms with E-state index in [1.807, 2.05) is 30.1 Å². The lowest BCUT2D eigenvalue weighted by molar-refractivity contribution is -0.130. The van der Waals surface area contributed by atoms with Gasteiger partial charge in [-0.3, -0.25) is 14.8 Å². The van der Waals surface area contributed by atoms with Gasteiger partial charge in [-0.25, -0.2) is 4.98 Å². The summed E-state index contributed by atoms with van der Waals surface area (Å²) in [6, 6.07) is 4.41. The van der Waals surface area contributed by atoms with E-state index in [9.17, 15) is 4.79 Å². The maximum atomic E-state index is 12.3. The Morgan fingerprint density at radius 2 is 2.20 bits per heavy atom. The molecule has 1 amide bonds. The molecule has 2 atom stereocenters. The highest BCUT2D eigenvalue weighted by molar-refractivity contribution is 7.11. The minimum Gasteiger partial charge on any atom is -0.341 e. The van der Waals surface area contributed by atoms with Gasteiger partial charge in [0.15, 0.2) is 5.82 Å². The third-order valence-corrected chi connectivity index (χ3v) is 6.54. The van der Waals surface area contributed by atoms with Crippen molar-refractivity contribution in [3.63, 3.8) is 0 Å². The van der Waals surface area contributed by atoms with Crippen LogP contribution < -0.4 is 0 Å². The number of rotatable bonds is 4. The number of aromatic amines is 1. The molecule has 0 spiro atoms. The molecule has 0 bridgehead atoms. The Labute approximate surface area is 152 Å². The number of hydrogen-bond acceptors (Lipinski definition) is 5. The van der Waals surface area contributed by atoms with E-state index in [4.69, 9.17) is 0 Å². The van der Waals surface area contributed by atoms with E-state index < -0.39 is 0 Å². The van der Waals surface area contributed by atoms with Gasteiger partial charge >= 0.3 is 0 Å². The molecule has 0 radical (unpaired) electrons. The zero-order chi connectivity index (χ0) is 17.6. The topological polar surface area (TPSA) is 65.1 Å². The van der Waals surface area contributed by atoms with Crippen molar-refractivity contribution in [3.8, 4) is 0 Å². The van der Waals surface area contributed by atoms with Gasteiger partial charge in [0, 0.05) is 54.8 Å². The first-order chi connectivity index (χ1) is 12.0. The van der Waals surface area contributed by atoms with Gasteiger partial charge in [0.2, 0.25) is 5.91 Å². The molecule has 1 N–H and O–H groups in total. The van der Waals surface area contributed by atoms with E-state index in [-0.39, 0.29) is 11.3 Å². The molecule has 7 heteroatoms. The van der Waals surface area contributed by atoms with Gasteiger partial charge in [0.05, 0.1) is 5.41 Å². The fourth-order valence-electron chi connectivity index (χ4n) is 4.38. The van der Waals surface area contributed by atoms with Crippen molar-refractivity contribution in [1.29, 1.82) is 0 Å². The molecule has 2 aliphatic rings. The number of hydrogen-bond donors (Lipinski definition) is 1. The zero-order valence-corrected chi connectivity index (χ0v) is 15.9. The lowest BCUT2D eigenvalue weighted by Crippen LogP contribution is -2.40. The molecular formula is C18H25N5OS. The summed E-state index contributed by atoms with van der Waals surface area (Å²) in [6.07, 6.45) is 0.564. The molecule has 2 saturated heterocycles. The SMILES string of the molecule is CCC(=O)N1C[C@H]2CN(Cc3ccc(C)s3)C[C@@]2(c2n[nH]c(C)n2)C1. The molecule has 2 aliphatic heterocycles. The fraction of sp³-hybridized carbons (Fsp3) is 0.611. The molecule has 0 aliphatic carbocycles. The van der Waals surface area contributed by atoms with Gasteiger partial charge in [-0.1, -0.05) is 6.92 Å². The number of nitrogens with zero attached hydrogens (tertiary/aromatic N) is 4. The van der Waals surface area contributed by atoms with Crippen LogP contribution in [-0.4, -0.2) is 57.1 Å². The normalized spacial score (nSPS) is 26.4. The van der Waals surface area contributed by atoms with Crippen molar-refractivity contribution < 1.29 is 4.79 Å². The first kappa shape index (κ1) is 16.7. The summed E-state index contributed by atoms with van der Waals surface area (Å²) in [5, 5.41) is 7.50. The van der Waals surface area contributed by atoms with Crippen LogP contribution in [0.15, 0.2) is 12.1 Å². The van der Waals surface area contributed by atoms with Crippen LogP contribution in [0, 0.1) is 19.8 Å². The minimum atomic E-state index is -0.137. The molecule has 2 fully saturated rings. The predicted molar refractivity (Wildman–Crippen MR) is 97.5 cm³/mol. The number of fused-ring (bicyclic) bond motifs is 1. The molecule has 4 heterocycles. The summed E-state index contributed by atoms with van der Waals surface area (Å²) in [4.78, 5) is 24.2. The number of thiophene rings is 1. The van der Waals surface area contributed by atoms with Crippen LogP contribution in [0.2, 0.25) is 0 Å². The molecule has 0 saturated carbocycles. The number of carbonyl (C=O) groups excluding carboxylic acids is 1. The Morgan fingerprint density at radius 1 is 1.36 bits per heavy atom. The molecule has 2 aromatic heterocycles. The van der Waals surface area contributed by atoms with Gasteiger partial charge < -0.3 is 4.90 Å². The second-order valence-corrected chi connectivity index (χ2v) is 8.78. The van der Waals surface area contributed by atoms with Gasteiger partial charge in [0.1, 0.15) is 5.82 Å². The highest BCUT2D eigenvalue weighted by Gasteiger charge is 2.56. The fourth-order valence-corrected chi connectivity index (χ4v) is 5.31. The maximum Gasteiger partial charge on any atom is 0.222 e. The zero-order valence-electron chi connectivity index (χ0n) is 15.1. The van der Waals surface area contributed by atoms with Crippen LogP contribution in [0.5, 0.6) is 0 Å². The van der Waals surface area contributed by atoms with Crippen LogP contribution in [0.3, 0.4) is 0 Å². The second-order valence-electron chi connectivity index (χ2n) is 7.41. The number of amides is 1. The van der Waals surface area contributed by atoms with Gasteiger partial charge in [0.25, 0.3) is 0 Å². The Balaban J connectivity index is 1.59. The number of nitrogens with one attached hydrogen (secondary N) is 1. The molecule has 134 valence electrons. The molecule has 6 nitrogen and oxygen atoms in total. The highest BCUT2D eigenvalue weighted by Crippen LogP contribution is 2.44. The van der Waals surface area contributed by atoms with Crippen molar-refractivity contribution >= 4 is 17.2 Å². The van der Waals surface area contributed by atoms with Crippen LogP contribution in [0.1, 0.15) is 34.7 Å². The van der Waals surface area contributed by atoms with Gasteiger partial charge in [-0.15, -0.1) is 11.3 Å². The summed E-state index contributed by atoms with van der Waals surface area (Å²) in [7, 11) is 0. The molecule has 2 aromatic rings. The lowest BCUT2D eigenvalue weighted by atomic mass is 9.80. The van der Waals surface area contributed by atoms with Crippen LogP contribution in [-0.2, 0) is 16.8 Å². The number of H-pyrrole nitrogens is 1. The van der Waals surface area contributed by atoms with Crippen LogP contribution in [0.25, 0.3) is 0 Å². The molecule has 0 unspecified atom stereocenters. The first-order valence-corrected chi connectivity index (χ1v) is 9.77. The van der Waals surface area contributed by atoms with Crippen LogP contribution in [0.4, 0.5) is 0 Å². The Hall–Kier alpha value is -1.73. The van der Waals surface area contributed by atoms with E-state index in [0.717, 1.165) is 44.4 Å². The summed E-state index contributed by atoms with van der Waals surface area (Å²) >= 11 is 1.87. The number of aromatic nitrogens is 3. The Bertz CT molecular complexity index is 784. The summed E-state index contributed by atoms with van der Waals surface area (Å²) in [5.74, 6) is 2.36. The smallest absolute Gasteiger partial charge is 0.222 e. The molecule has 4 rings (SSSR count).